The lowest BCUT2D eigenvalue weighted by molar-refractivity contribution is -0.146. The molecule has 1 unspecified atom stereocenters. The SMILES string of the molecule is O=C(NCC1CCN(S(=O)(=O)c2ccccc2)C1)C12CC3CC(CC(C3)C1)C2. The number of carbonyl (C=O) groups is 1. The summed E-state index contributed by atoms with van der Waals surface area (Å²) in [6.07, 6.45) is 8.04. The van der Waals surface area contributed by atoms with E-state index in [1.807, 2.05) is 6.07 Å². The van der Waals surface area contributed by atoms with Gasteiger partial charge in [0, 0.05) is 25.0 Å². The van der Waals surface area contributed by atoms with Gasteiger partial charge in [0.2, 0.25) is 15.9 Å². The van der Waals surface area contributed by atoms with Gasteiger partial charge in [-0.05, 0) is 80.8 Å². The van der Waals surface area contributed by atoms with Gasteiger partial charge in [-0.25, -0.2) is 8.42 Å². The van der Waals surface area contributed by atoms with Crippen LogP contribution >= 0.6 is 0 Å². The second-order valence-corrected chi connectivity index (χ2v) is 11.7. The highest BCUT2D eigenvalue weighted by molar-refractivity contribution is 7.89. The van der Waals surface area contributed by atoms with E-state index in [0.29, 0.717) is 24.5 Å². The van der Waals surface area contributed by atoms with Crippen molar-refractivity contribution >= 4 is 15.9 Å². The average Bonchev–Trinajstić information content (AvgIpc) is 3.15. The van der Waals surface area contributed by atoms with Gasteiger partial charge < -0.3 is 5.32 Å². The Morgan fingerprint density at radius 2 is 1.64 bits per heavy atom. The Labute approximate surface area is 167 Å². The summed E-state index contributed by atoms with van der Waals surface area (Å²) < 4.78 is 27.1. The monoisotopic (exact) mass is 402 g/mol. The fraction of sp³-hybridized carbons (Fsp3) is 0.682. The summed E-state index contributed by atoms with van der Waals surface area (Å²) >= 11 is 0. The van der Waals surface area contributed by atoms with Crippen LogP contribution in [0.25, 0.3) is 0 Å². The number of carbonyl (C=O) groups excluding carboxylic acids is 1. The molecule has 4 bridgehead atoms. The molecular formula is C22H30N2O3S. The van der Waals surface area contributed by atoms with Crippen LogP contribution in [0.2, 0.25) is 0 Å². The quantitative estimate of drug-likeness (QED) is 0.823. The summed E-state index contributed by atoms with van der Waals surface area (Å²) in [7, 11) is -3.43. The molecule has 1 aromatic rings. The highest BCUT2D eigenvalue weighted by atomic mass is 32.2. The first-order chi connectivity index (χ1) is 13.4. The van der Waals surface area contributed by atoms with Gasteiger partial charge in [-0.2, -0.15) is 4.31 Å². The zero-order chi connectivity index (χ0) is 19.4. The summed E-state index contributed by atoms with van der Waals surface area (Å²) in [5.74, 6) is 2.73. The van der Waals surface area contributed by atoms with Crippen molar-refractivity contribution in [1.29, 1.82) is 0 Å². The van der Waals surface area contributed by atoms with Crippen LogP contribution in [0.15, 0.2) is 35.2 Å². The Morgan fingerprint density at radius 1 is 1.04 bits per heavy atom. The second-order valence-electron chi connectivity index (χ2n) is 9.74. The summed E-state index contributed by atoms with van der Waals surface area (Å²) in [6.45, 7) is 1.63. The van der Waals surface area contributed by atoms with Gasteiger partial charge in [0.05, 0.1) is 4.90 Å². The lowest BCUT2D eigenvalue weighted by atomic mass is 9.49. The molecule has 1 aliphatic heterocycles. The first-order valence-electron chi connectivity index (χ1n) is 10.8. The van der Waals surface area contributed by atoms with E-state index >= 15 is 0 Å². The molecule has 0 aromatic heterocycles. The molecule has 6 rings (SSSR count). The summed E-state index contributed by atoms with van der Waals surface area (Å²) in [6, 6.07) is 8.64. The summed E-state index contributed by atoms with van der Waals surface area (Å²) in [4.78, 5) is 13.5. The van der Waals surface area contributed by atoms with E-state index in [0.717, 1.165) is 43.4 Å². The maximum atomic E-state index is 13.1. The number of nitrogens with zero attached hydrogens (tertiary/aromatic N) is 1. The highest BCUT2D eigenvalue weighted by Gasteiger charge is 2.54. The van der Waals surface area contributed by atoms with Crippen molar-refractivity contribution in [2.75, 3.05) is 19.6 Å². The number of nitrogens with one attached hydrogen (secondary N) is 1. The van der Waals surface area contributed by atoms with Crippen molar-refractivity contribution in [1.82, 2.24) is 9.62 Å². The molecule has 1 amide bonds. The molecule has 5 nitrogen and oxygen atoms in total. The maximum absolute atomic E-state index is 13.1. The normalized spacial score (nSPS) is 37.3. The fourth-order valence-electron chi connectivity index (χ4n) is 6.74. The molecule has 1 atom stereocenters. The van der Waals surface area contributed by atoms with Crippen LogP contribution in [-0.4, -0.2) is 38.3 Å². The maximum Gasteiger partial charge on any atom is 0.243 e. The topological polar surface area (TPSA) is 66.5 Å². The lowest BCUT2D eigenvalue weighted by Gasteiger charge is -2.55. The van der Waals surface area contributed by atoms with Gasteiger partial charge in [0.25, 0.3) is 0 Å². The molecule has 1 N–H and O–H groups in total. The number of hydrogen-bond donors (Lipinski definition) is 1. The molecule has 0 radical (unpaired) electrons. The van der Waals surface area contributed by atoms with Crippen molar-refractivity contribution in [2.45, 2.75) is 49.8 Å². The molecular weight excluding hydrogens is 372 g/mol. The largest absolute Gasteiger partial charge is 0.355 e. The lowest BCUT2D eigenvalue weighted by Crippen LogP contribution is -2.54. The van der Waals surface area contributed by atoms with E-state index < -0.39 is 10.0 Å². The molecule has 5 aliphatic rings. The molecule has 6 heteroatoms. The van der Waals surface area contributed by atoms with Crippen LogP contribution in [0.3, 0.4) is 0 Å². The fourth-order valence-corrected chi connectivity index (χ4v) is 8.29. The smallest absolute Gasteiger partial charge is 0.243 e. The average molecular weight is 403 g/mol. The highest BCUT2D eigenvalue weighted by Crippen LogP contribution is 2.60. The minimum absolute atomic E-state index is 0.122. The Morgan fingerprint density at radius 3 is 2.25 bits per heavy atom. The van der Waals surface area contributed by atoms with Gasteiger partial charge in [-0.3, -0.25) is 4.79 Å². The van der Waals surface area contributed by atoms with Crippen molar-refractivity contribution in [3.63, 3.8) is 0 Å². The first kappa shape index (κ1) is 18.6. The van der Waals surface area contributed by atoms with Gasteiger partial charge in [-0.15, -0.1) is 0 Å². The van der Waals surface area contributed by atoms with Crippen molar-refractivity contribution < 1.29 is 13.2 Å². The number of rotatable bonds is 5. The predicted octanol–water partition coefficient (Wildman–Crippen LogP) is 3.03. The van der Waals surface area contributed by atoms with Crippen LogP contribution in [0.4, 0.5) is 0 Å². The number of benzene rings is 1. The number of hydrogen-bond acceptors (Lipinski definition) is 3. The van der Waals surface area contributed by atoms with Crippen LogP contribution in [-0.2, 0) is 14.8 Å². The molecule has 0 spiro atoms. The zero-order valence-electron chi connectivity index (χ0n) is 16.3. The van der Waals surface area contributed by atoms with Crippen LogP contribution in [0.5, 0.6) is 0 Å². The Bertz CT molecular complexity index is 817. The van der Waals surface area contributed by atoms with Crippen molar-refractivity contribution in [3.8, 4) is 0 Å². The van der Waals surface area contributed by atoms with Crippen molar-refractivity contribution in [3.05, 3.63) is 30.3 Å². The Hall–Kier alpha value is -1.40. The second kappa shape index (κ2) is 6.84. The Balaban J connectivity index is 1.19. The van der Waals surface area contributed by atoms with Gasteiger partial charge in [0.15, 0.2) is 0 Å². The third-order valence-electron chi connectivity index (χ3n) is 7.70. The van der Waals surface area contributed by atoms with Gasteiger partial charge >= 0.3 is 0 Å². The van der Waals surface area contributed by atoms with Crippen molar-refractivity contribution in [2.24, 2.45) is 29.1 Å². The molecule has 1 aromatic carbocycles. The van der Waals surface area contributed by atoms with E-state index in [9.17, 15) is 13.2 Å². The van der Waals surface area contributed by atoms with Gasteiger partial charge in [0.1, 0.15) is 0 Å². The standard InChI is InChI=1S/C22H30N2O3S/c25-21(22-11-17-8-18(12-22)10-19(9-17)13-22)23-14-16-6-7-24(15-16)28(26,27)20-4-2-1-3-5-20/h1-5,16-19H,6-15H2,(H,23,25). The van der Waals surface area contributed by atoms with E-state index in [-0.39, 0.29) is 17.2 Å². The third kappa shape index (κ3) is 3.18. The van der Waals surface area contributed by atoms with Crippen LogP contribution < -0.4 is 5.32 Å². The minimum Gasteiger partial charge on any atom is -0.355 e. The third-order valence-corrected chi connectivity index (χ3v) is 9.58. The van der Waals surface area contributed by atoms with E-state index in [1.54, 1.807) is 28.6 Å². The minimum atomic E-state index is -3.43. The van der Waals surface area contributed by atoms with Gasteiger partial charge in [-0.1, -0.05) is 18.2 Å². The Kier molecular flexibility index (Phi) is 4.55. The molecule has 1 saturated heterocycles. The molecule has 28 heavy (non-hydrogen) atoms. The molecule has 1 heterocycles. The zero-order valence-corrected chi connectivity index (χ0v) is 17.2. The predicted molar refractivity (Wildman–Crippen MR) is 107 cm³/mol. The summed E-state index contributed by atoms with van der Waals surface area (Å²) in [5.41, 5.74) is -0.122. The molecule has 4 saturated carbocycles. The molecule has 5 fully saturated rings. The summed E-state index contributed by atoms with van der Waals surface area (Å²) in [5, 5.41) is 3.23. The van der Waals surface area contributed by atoms with Crippen LogP contribution in [0.1, 0.15) is 44.9 Å². The first-order valence-corrected chi connectivity index (χ1v) is 12.2. The number of amides is 1. The number of sulfonamides is 1. The van der Waals surface area contributed by atoms with E-state index in [4.69, 9.17) is 0 Å². The molecule has 4 aliphatic carbocycles. The van der Waals surface area contributed by atoms with E-state index in [1.165, 1.54) is 19.3 Å². The van der Waals surface area contributed by atoms with Crippen LogP contribution in [0, 0.1) is 29.1 Å². The van der Waals surface area contributed by atoms with E-state index in [2.05, 4.69) is 5.32 Å². The molecule has 152 valence electrons.